The number of hydrogen-bond donors (Lipinski definition) is 0. The first kappa shape index (κ1) is 19.8. The number of hydrogen-bond acceptors (Lipinski definition) is 5. The van der Waals surface area contributed by atoms with Gasteiger partial charge in [-0.25, -0.2) is 4.98 Å². The minimum Gasteiger partial charge on any atom is -0.369 e. The molecule has 0 N–H and O–H groups in total. The van der Waals surface area contributed by atoms with E-state index in [-0.39, 0.29) is 9.92 Å². The molecule has 30 heavy (non-hydrogen) atoms. The molecular weight excluding hydrogens is 396 g/mol. The van der Waals surface area contributed by atoms with Crippen LogP contribution in [0.4, 0.5) is 5.00 Å². The molecular formula is C23H22N4O2S. The Kier molecular flexibility index (Phi) is 5.13. The lowest BCUT2D eigenvalue weighted by molar-refractivity contribution is -0.380. The fourth-order valence-electron chi connectivity index (χ4n) is 3.41. The number of nitrogens with zero attached hydrogens (tertiary/aromatic N) is 4. The van der Waals surface area contributed by atoms with Crippen molar-refractivity contribution in [3.63, 3.8) is 0 Å². The summed E-state index contributed by atoms with van der Waals surface area (Å²) in [5, 5.41) is 12.9. The summed E-state index contributed by atoms with van der Waals surface area (Å²) in [6, 6.07) is 14.0. The summed E-state index contributed by atoms with van der Waals surface area (Å²) in [6.45, 7) is 8.86. The van der Waals surface area contributed by atoms with Gasteiger partial charge in [0.25, 0.3) is 0 Å². The largest absolute Gasteiger partial charge is 0.369 e. The molecule has 0 unspecified atom stereocenters. The Bertz CT molecular complexity index is 1250. The highest BCUT2D eigenvalue weighted by molar-refractivity contribution is 7.13. The molecule has 0 aliphatic heterocycles. The topological polar surface area (TPSA) is 63.7 Å². The summed E-state index contributed by atoms with van der Waals surface area (Å²) in [7, 11) is 1.94. The summed E-state index contributed by atoms with van der Waals surface area (Å²) >= 11 is 1.11. The SMILES string of the molecule is C=C(c1csc([N+](=O)[O-])c1)N(C)Cc1c(-c2ccc(C)cc2)nc2ccc(C)cn12. The van der Waals surface area contributed by atoms with E-state index in [9.17, 15) is 10.1 Å². The van der Waals surface area contributed by atoms with Crippen molar-refractivity contribution in [3.8, 4) is 11.3 Å². The van der Waals surface area contributed by atoms with Gasteiger partial charge >= 0.3 is 5.00 Å². The molecule has 3 heterocycles. The lowest BCUT2D eigenvalue weighted by atomic mass is 10.1. The average Bonchev–Trinajstić information content (AvgIpc) is 3.34. The van der Waals surface area contributed by atoms with Crippen LogP contribution in [0.2, 0.25) is 0 Å². The van der Waals surface area contributed by atoms with Gasteiger partial charge in [0.1, 0.15) is 5.65 Å². The van der Waals surface area contributed by atoms with Gasteiger partial charge in [-0.1, -0.05) is 53.8 Å². The summed E-state index contributed by atoms with van der Waals surface area (Å²) < 4.78 is 2.12. The standard InChI is InChI=1S/C23H22N4O2S/c1-15-5-8-18(9-6-15)23-20(26-12-16(2)7-10-21(26)24-23)13-25(4)17(3)19-11-22(27(28)29)30-14-19/h5-12,14H,3,13H2,1-2,4H3. The number of aromatic nitrogens is 2. The third-order valence-electron chi connectivity index (χ3n) is 5.14. The van der Waals surface area contributed by atoms with Crippen LogP contribution in [0, 0.1) is 24.0 Å². The zero-order chi connectivity index (χ0) is 21.4. The van der Waals surface area contributed by atoms with Crippen LogP contribution in [-0.2, 0) is 6.54 Å². The summed E-state index contributed by atoms with van der Waals surface area (Å²) in [6.07, 6.45) is 2.08. The maximum Gasteiger partial charge on any atom is 0.324 e. The van der Waals surface area contributed by atoms with Crippen LogP contribution < -0.4 is 0 Å². The Hall–Kier alpha value is -3.45. The molecule has 1 aromatic carbocycles. The van der Waals surface area contributed by atoms with Crippen LogP contribution in [0.1, 0.15) is 22.4 Å². The molecule has 152 valence electrons. The summed E-state index contributed by atoms with van der Waals surface area (Å²) in [5.41, 5.74) is 7.75. The molecule has 0 fully saturated rings. The van der Waals surface area contributed by atoms with Crippen molar-refractivity contribution in [2.45, 2.75) is 20.4 Å². The number of benzene rings is 1. The fourth-order valence-corrected chi connectivity index (χ4v) is 4.14. The Morgan fingerprint density at radius 3 is 2.57 bits per heavy atom. The molecule has 0 radical (unpaired) electrons. The van der Waals surface area contributed by atoms with Crippen molar-refractivity contribution in [3.05, 3.63) is 93.1 Å². The van der Waals surface area contributed by atoms with Crippen LogP contribution in [0.15, 0.2) is 60.6 Å². The smallest absolute Gasteiger partial charge is 0.324 e. The highest BCUT2D eigenvalue weighted by Crippen LogP contribution is 2.31. The molecule has 6 nitrogen and oxygen atoms in total. The van der Waals surface area contributed by atoms with E-state index < -0.39 is 0 Å². The molecule has 3 aromatic heterocycles. The Balaban J connectivity index is 1.73. The van der Waals surface area contributed by atoms with E-state index in [2.05, 4.69) is 61.4 Å². The van der Waals surface area contributed by atoms with Crippen molar-refractivity contribution >= 4 is 27.7 Å². The first-order valence-corrected chi connectivity index (χ1v) is 10.4. The third kappa shape index (κ3) is 3.71. The van der Waals surface area contributed by atoms with Crippen LogP contribution in [0.5, 0.6) is 0 Å². The van der Waals surface area contributed by atoms with E-state index in [1.54, 1.807) is 11.4 Å². The van der Waals surface area contributed by atoms with Crippen molar-refractivity contribution in [1.29, 1.82) is 0 Å². The maximum absolute atomic E-state index is 11.0. The number of imidazole rings is 1. The van der Waals surface area contributed by atoms with Crippen LogP contribution in [-0.4, -0.2) is 26.3 Å². The number of rotatable bonds is 6. The van der Waals surface area contributed by atoms with Gasteiger partial charge in [0.2, 0.25) is 0 Å². The first-order valence-electron chi connectivity index (χ1n) is 9.51. The highest BCUT2D eigenvalue weighted by Gasteiger charge is 2.19. The lowest BCUT2D eigenvalue weighted by Gasteiger charge is -2.21. The van der Waals surface area contributed by atoms with Crippen LogP contribution >= 0.6 is 11.3 Å². The maximum atomic E-state index is 11.0. The number of pyridine rings is 1. The fraction of sp³-hybridized carbons (Fsp3) is 0.174. The molecule has 0 saturated carbocycles. The van der Waals surface area contributed by atoms with Gasteiger partial charge in [-0.15, -0.1) is 0 Å². The molecule has 0 saturated heterocycles. The van der Waals surface area contributed by atoms with Gasteiger partial charge in [0.05, 0.1) is 22.9 Å². The summed E-state index contributed by atoms with van der Waals surface area (Å²) in [4.78, 5) is 17.6. The summed E-state index contributed by atoms with van der Waals surface area (Å²) in [5.74, 6) is 0. The minimum absolute atomic E-state index is 0.116. The number of nitro groups is 1. The third-order valence-corrected chi connectivity index (χ3v) is 6.02. The predicted molar refractivity (Wildman–Crippen MR) is 122 cm³/mol. The Labute approximate surface area is 178 Å². The number of fused-ring (bicyclic) bond motifs is 1. The zero-order valence-electron chi connectivity index (χ0n) is 17.1. The van der Waals surface area contributed by atoms with Crippen molar-refractivity contribution in [2.24, 2.45) is 0 Å². The highest BCUT2D eigenvalue weighted by atomic mass is 32.1. The molecule has 4 rings (SSSR count). The molecule has 7 heteroatoms. The van der Waals surface area contributed by atoms with Gasteiger partial charge in [0.15, 0.2) is 0 Å². The van der Waals surface area contributed by atoms with Gasteiger partial charge in [-0.05, 0) is 25.5 Å². The first-order chi connectivity index (χ1) is 14.3. The Morgan fingerprint density at radius 2 is 1.90 bits per heavy atom. The molecule has 0 amide bonds. The monoisotopic (exact) mass is 418 g/mol. The van der Waals surface area contributed by atoms with E-state index >= 15 is 0 Å². The van der Waals surface area contributed by atoms with Gasteiger partial charge in [-0.3, -0.25) is 10.1 Å². The van der Waals surface area contributed by atoms with Crippen LogP contribution in [0.25, 0.3) is 22.6 Å². The van der Waals surface area contributed by atoms with Gasteiger partial charge in [-0.2, -0.15) is 0 Å². The quantitative estimate of drug-likeness (QED) is 0.298. The normalized spacial score (nSPS) is 11.0. The van der Waals surface area contributed by atoms with E-state index in [1.807, 2.05) is 18.0 Å². The molecule has 0 aliphatic carbocycles. The van der Waals surface area contributed by atoms with Crippen LogP contribution in [0.3, 0.4) is 0 Å². The second-order valence-electron chi connectivity index (χ2n) is 7.44. The average molecular weight is 419 g/mol. The van der Waals surface area contributed by atoms with Crippen molar-refractivity contribution in [2.75, 3.05) is 7.05 Å². The molecule has 0 bridgehead atoms. The minimum atomic E-state index is -0.371. The van der Waals surface area contributed by atoms with E-state index in [0.717, 1.165) is 50.8 Å². The van der Waals surface area contributed by atoms with E-state index in [1.165, 1.54) is 5.56 Å². The zero-order valence-corrected chi connectivity index (χ0v) is 17.9. The van der Waals surface area contributed by atoms with E-state index in [4.69, 9.17) is 4.98 Å². The van der Waals surface area contributed by atoms with E-state index in [0.29, 0.717) is 6.54 Å². The number of thiophene rings is 1. The van der Waals surface area contributed by atoms with Gasteiger partial charge in [0, 0.05) is 41.5 Å². The van der Waals surface area contributed by atoms with Crippen molar-refractivity contribution < 1.29 is 4.92 Å². The predicted octanol–water partition coefficient (Wildman–Crippen LogP) is 5.69. The molecule has 0 atom stereocenters. The second kappa shape index (κ2) is 7.76. The Morgan fingerprint density at radius 1 is 1.20 bits per heavy atom. The number of aryl methyl sites for hydroxylation is 2. The molecule has 0 aliphatic rings. The second-order valence-corrected chi connectivity index (χ2v) is 8.33. The lowest BCUT2D eigenvalue weighted by Crippen LogP contribution is -2.17. The van der Waals surface area contributed by atoms with Gasteiger partial charge < -0.3 is 9.30 Å². The van der Waals surface area contributed by atoms with Crippen molar-refractivity contribution in [1.82, 2.24) is 14.3 Å². The molecule has 4 aromatic rings. The molecule has 0 spiro atoms.